The quantitative estimate of drug-likeness (QED) is 0.668. The lowest BCUT2D eigenvalue weighted by molar-refractivity contribution is -0.132. The van der Waals surface area contributed by atoms with Gasteiger partial charge in [-0.25, -0.2) is 0 Å². The van der Waals surface area contributed by atoms with Gasteiger partial charge in [-0.1, -0.05) is 18.7 Å². The molecular formula is C16H21BF2O4. The highest BCUT2D eigenvalue weighted by Crippen LogP contribution is 2.37. The van der Waals surface area contributed by atoms with E-state index in [2.05, 4.69) is 11.3 Å². The molecule has 1 aliphatic heterocycles. The Morgan fingerprint density at radius 3 is 2.30 bits per heavy atom. The zero-order valence-electron chi connectivity index (χ0n) is 13.7. The van der Waals surface area contributed by atoms with Gasteiger partial charge in [-0.3, -0.25) is 0 Å². The van der Waals surface area contributed by atoms with Gasteiger partial charge in [0.1, 0.15) is 5.75 Å². The summed E-state index contributed by atoms with van der Waals surface area (Å²) in [5, 5.41) is 9.43. The normalized spacial score (nSPS) is 19.7. The first-order valence-corrected chi connectivity index (χ1v) is 7.31. The van der Waals surface area contributed by atoms with E-state index in [0.29, 0.717) is 11.5 Å². The average Bonchev–Trinajstić information content (AvgIpc) is 2.67. The first-order chi connectivity index (χ1) is 10.5. The maximum absolute atomic E-state index is 13.3. The first kappa shape index (κ1) is 17.9. The second-order valence-electron chi connectivity index (χ2n) is 6.48. The fraction of sp³-hybridized carbons (Fsp3) is 0.500. The molecule has 4 nitrogen and oxygen atoms in total. The molecular weight excluding hydrogens is 305 g/mol. The topological polar surface area (TPSA) is 47.9 Å². The highest BCUT2D eigenvalue weighted by atomic mass is 19.3. The summed E-state index contributed by atoms with van der Waals surface area (Å²) in [6, 6.07) is 4.48. The Hall–Kier alpha value is -1.44. The van der Waals surface area contributed by atoms with Gasteiger partial charge in [0.05, 0.1) is 17.8 Å². The van der Waals surface area contributed by atoms with Crippen LogP contribution in [0, 0.1) is 0 Å². The van der Waals surface area contributed by atoms with Crippen molar-refractivity contribution in [3.05, 3.63) is 36.4 Å². The van der Waals surface area contributed by atoms with Crippen molar-refractivity contribution in [2.24, 2.45) is 0 Å². The zero-order valence-corrected chi connectivity index (χ0v) is 13.7. The third kappa shape index (κ3) is 3.57. The zero-order chi connectivity index (χ0) is 17.5. The van der Waals surface area contributed by atoms with E-state index in [0.717, 1.165) is 0 Å². The van der Waals surface area contributed by atoms with Crippen LogP contribution in [-0.4, -0.2) is 29.5 Å². The second-order valence-corrected chi connectivity index (χ2v) is 6.48. The Morgan fingerprint density at radius 1 is 1.26 bits per heavy atom. The number of benzene rings is 1. The second kappa shape index (κ2) is 5.89. The first-order valence-electron chi connectivity index (χ1n) is 7.31. The standard InChI is InChI=1S/C16H21BF2O4/c1-6-16(18,19)21-13-8-7-12(9-11(13)10-20)17-22-14(2,3)15(4,5)23-17/h6-9,20H,1,10H2,2-5H3. The third-order valence-corrected chi connectivity index (χ3v) is 4.26. The number of alkyl halides is 2. The van der Waals surface area contributed by atoms with Crippen molar-refractivity contribution in [3.8, 4) is 5.75 Å². The minimum atomic E-state index is -3.50. The Balaban J connectivity index is 2.28. The lowest BCUT2D eigenvalue weighted by Gasteiger charge is -2.32. The van der Waals surface area contributed by atoms with Crippen LogP contribution in [-0.2, 0) is 15.9 Å². The van der Waals surface area contributed by atoms with Crippen LogP contribution >= 0.6 is 0 Å². The Morgan fingerprint density at radius 2 is 1.83 bits per heavy atom. The van der Waals surface area contributed by atoms with Gasteiger partial charge >= 0.3 is 13.2 Å². The van der Waals surface area contributed by atoms with Crippen molar-refractivity contribution >= 4 is 12.6 Å². The molecule has 1 aromatic carbocycles. The van der Waals surface area contributed by atoms with E-state index in [1.807, 2.05) is 27.7 Å². The summed E-state index contributed by atoms with van der Waals surface area (Å²) in [5.74, 6) is -0.113. The highest BCUT2D eigenvalue weighted by molar-refractivity contribution is 6.62. The predicted molar refractivity (Wildman–Crippen MR) is 83.9 cm³/mol. The summed E-state index contributed by atoms with van der Waals surface area (Å²) in [6.07, 6.45) is -3.11. The lowest BCUT2D eigenvalue weighted by atomic mass is 9.78. The minimum absolute atomic E-state index is 0.113. The molecule has 7 heteroatoms. The number of halogens is 2. The van der Waals surface area contributed by atoms with Crippen molar-refractivity contribution in [2.75, 3.05) is 0 Å². The maximum Gasteiger partial charge on any atom is 0.494 e. The molecule has 0 bridgehead atoms. The number of hydrogen-bond acceptors (Lipinski definition) is 4. The van der Waals surface area contributed by atoms with E-state index < -0.39 is 31.0 Å². The molecule has 0 amide bonds. The molecule has 0 spiro atoms. The van der Waals surface area contributed by atoms with Gasteiger partial charge in [0.25, 0.3) is 0 Å². The molecule has 1 aliphatic rings. The molecule has 126 valence electrons. The van der Waals surface area contributed by atoms with Gasteiger partial charge < -0.3 is 19.2 Å². The maximum atomic E-state index is 13.3. The van der Waals surface area contributed by atoms with Gasteiger partial charge in [-0.15, -0.1) is 0 Å². The molecule has 0 aliphatic carbocycles. The molecule has 0 radical (unpaired) electrons. The minimum Gasteiger partial charge on any atom is -0.429 e. The summed E-state index contributed by atoms with van der Waals surface area (Å²) in [6.45, 7) is 10.2. The van der Waals surface area contributed by atoms with Crippen LogP contribution in [0.25, 0.3) is 0 Å². The smallest absolute Gasteiger partial charge is 0.429 e. The van der Waals surface area contributed by atoms with Crippen LogP contribution in [0.5, 0.6) is 5.75 Å². The van der Waals surface area contributed by atoms with Crippen molar-refractivity contribution < 1.29 is 27.9 Å². The van der Waals surface area contributed by atoms with Gasteiger partial charge in [0, 0.05) is 11.6 Å². The summed E-state index contributed by atoms with van der Waals surface area (Å²) >= 11 is 0. The number of rotatable bonds is 5. The monoisotopic (exact) mass is 326 g/mol. The number of hydrogen-bond donors (Lipinski definition) is 1. The molecule has 0 unspecified atom stereocenters. The molecule has 2 rings (SSSR count). The Bertz CT molecular complexity index is 586. The number of ether oxygens (including phenoxy) is 1. The van der Waals surface area contributed by atoms with Gasteiger partial charge in [0.15, 0.2) is 0 Å². The van der Waals surface area contributed by atoms with E-state index in [1.165, 1.54) is 12.1 Å². The van der Waals surface area contributed by atoms with Gasteiger partial charge in [-0.05, 0) is 39.2 Å². The van der Waals surface area contributed by atoms with E-state index >= 15 is 0 Å². The van der Waals surface area contributed by atoms with Crippen LogP contribution in [0.3, 0.4) is 0 Å². The molecule has 1 aromatic rings. The van der Waals surface area contributed by atoms with Crippen molar-refractivity contribution in [3.63, 3.8) is 0 Å². The predicted octanol–water partition coefficient (Wildman–Crippen LogP) is 2.64. The van der Waals surface area contributed by atoms with Crippen LogP contribution in [0.1, 0.15) is 33.3 Å². The molecule has 1 saturated heterocycles. The van der Waals surface area contributed by atoms with Crippen LogP contribution in [0.4, 0.5) is 8.78 Å². The molecule has 0 saturated carbocycles. The summed E-state index contributed by atoms with van der Waals surface area (Å²) in [7, 11) is -0.640. The van der Waals surface area contributed by atoms with Crippen molar-refractivity contribution in [1.29, 1.82) is 0 Å². The largest absolute Gasteiger partial charge is 0.494 e. The SMILES string of the molecule is C=CC(F)(F)Oc1ccc(B2OC(C)(C)C(C)(C)O2)cc1CO. The van der Waals surface area contributed by atoms with E-state index in [-0.39, 0.29) is 11.3 Å². The van der Waals surface area contributed by atoms with E-state index in [9.17, 15) is 13.9 Å². The molecule has 0 aromatic heterocycles. The lowest BCUT2D eigenvalue weighted by Crippen LogP contribution is -2.41. The summed E-state index contributed by atoms with van der Waals surface area (Å²) in [4.78, 5) is 0. The van der Waals surface area contributed by atoms with Crippen LogP contribution in [0.2, 0.25) is 0 Å². The molecule has 1 N–H and O–H groups in total. The fourth-order valence-electron chi connectivity index (χ4n) is 2.14. The van der Waals surface area contributed by atoms with E-state index in [4.69, 9.17) is 9.31 Å². The molecule has 0 atom stereocenters. The summed E-state index contributed by atoms with van der Waals surface area (Å²) < 4.78 is 43.0. The molecule has 1 fully saturated rings. The van der Waals surface area contributed by atoms with Gasteiger partial charge in [-0.2, -0.15) is 8.78 Å². The van der Waals surface area contributed by atoms with Crippen LogP contribution < -0.4 is 10.2 Å². The Kier molecular flexibility index (Phi) is 4.59. The summed E-state index contributed by atoms with van der Waals surface area (Å²) in [5.41, 5.74) is -0.176. The number of aliphatic hydroxyl groups excluding tert-OH is 1. The number of aliphatic hydroxyl groups is 1. The van der Waals surface area contributed by atoms with Gasteiger partial charge in [0.2, 0.25) is 0 Å². The molecule has 23 heavy (non-hydrogen) atoms. The van der Waals surface area contributed by atoms with E-state index in [1.54, 1.807) is 6.07 Å². The van der Waals surface area contributed by atoms with Crippen LogP contribution in [0.15, 0.2) is 30.9 Å². The fourth-order valence-corrected chi connectivity index (χ4v) is 2.14. The van der Waals surface area contributed by atoms with Crippen molar-refractivity contribution in [1.82, 2.24) is 0 Å². The van der Waals surface area contributed by atoms with Crippen molar-refractivity contribution in [2.45, 2.75) is 51.6 Å². The highest BCUT2D eigenvalue weighted by Gasteiger charge is 2.51. The average molecular weight is 326 g/mol. The molecule has 1 heterocycles. The third-order valence-electron chi connectivity index (χ3n) is 4.26. The Labute approximate surface area is 135 Å².